The van der Waals surface area contributed by atoms with Crippen LogP contribution < -0.4 is 10.1 Å². The smallest absolute Gasteiger partial charge is 0.336 e. The average Bonchev–Trinajstić information content (AvgIpc) is 2.87. The van der Waals surface area contributed by atoms with Crippen molar-refractivity contribution in [2.75, 3.05) is 21.3 Å². The third-order valence-corrected chi connectivity index (χ3v) is 6.98. The number of dihydropyridines is 1. The highest BCUT2D eigenvalue weighted by Crippen LogP contribution is 2.49. The maximum Gasteiger partial charge on any atom is 0.336 e. The molecule has 1 aliphatic heterocycles. The molecular weight excluding hydrogens is 470 g/mol. The molecule has 0 aromatic heterocycles. The molecule has 0 unspecified atom stereocenters. The number of hydrogen-bond acceptors (Lipinski definition) is 7. The van der Waals surface area contributed by atoms with Crippen LogP contribution in [0.5, 0.6) is 5.75 Å². The molecule has 2 aromatic rings. The van der Waals surface area contributed by atoms with Crippen molar-refractivity contribution in [3.05, 3.63) is 87.2 Å². The maximum atomic E-state index is 14.1. The van der Waals surface area contributed by atoms with E-state index in [0.29, 0.717) is 39.7 Å². The summed E-state index contributed by atoms with van der Waals surface area (Å²) in [5.74, 6) is -3.30. The zero-order valence-corrected chi connectivity index (χ0v) is 20.6. The Morgan fingerprint density at radius 3 is 2.29 bits per heavy atom. The quantitative estimate of drug-likeness (QED) is 0.489. The van der Waals surface area contributed by atoms with Crippen LogP contribution in [0.4, 0.5) is 0 Å². The van der Waals surface area contributed by atoms with Crippen molar-refractivity contribution in [2.45, 2.75) is 25.2 Å². The molecule has 2 aromatic carbocycles. The molecule has 4 rings (SSSR count). The zero-order valence-electron chi connectivity index (χ0n) is 19.9. The number of hydrogen-bond donors (Lipinski definition) is 1. The van der Waals surface area contributed by atoms with Crippen LogP contribution in [0.1, 0.15) is 36.3 Å². The second kappa shape index (κ2) is 9.96. The molecule has 8 heteroatoms. The van der Waals surface area contributed by atoms with Gasteiger partial charge >= 0.3 is 11.9 Å². The molecule has 0 saturated carbocycles. The van der Waals surface area contributed by atoms with E-state index in [0.717, 1.165) is 5.56 Å². The number of ketones is 1. The molecule has 1 aliphatic carbocycles. The number of esters is 2. The number of ether oxygens (including phenoxy) is 3. The summed E-state index contributed by atoms with van der Waals surface area (Å²) in [4.78, 5) is 39.9. The van der Waals surface area contributed by atoms with E-state index >= 15 is 0 Å². The van der Waals surface area contributed by atoms with Crippen LogP contribution in [-0.4, -0.2) is 39.1 Å². The van der Waals surface area contributed by atoms with Gasteiger partial charge in [-0.3, -0.25) is 9.59 Å². The summed E-state index contributed by atoms with van der Waals surface area (Å²) in [6.45, 7) is 1.76. The van der Waals surface area contributed by atoms with Gasteiger partial charge in [-0.2, -0.15) is 0 Å². The Balaban J connectivity index is 1.90. The lowest BCUT2D eigenvalue weighted by molar-refractivity contribution is -0.150. The monoisotopic (exact) mass is 495 g/mol. The lowest BCUT2D eigenvalue weighted by Crippen LogP contribution is -2.43. The van der Waals surface area contributed by atoms with Gasteiger partial charge < -0.3 is 19.5 Å². The number of nitrogens with one attached hydrogen (secondary N) is 1. The number of Topliss-reactive ketones (excluding diaryl/α,β-unsaturated/α-hetero) is 1. The summed E-state index contributed by atoms with van der Waals surface area (Å²) in [5, 5.41) is 3.65. The van der Waals surface area contributed by atoms with E-state index in [2.05, 4.69) is 5.32 Å². The molecule has 0 fully saturated rings. The molecular formula is C27H26ClNO6. The molecule has 35 heavy (non-hydrogen) atoms. The van der Waals surface area contributed by atoms with Gasteiger partial charge in [-0.1, -0.05) is 41.9 Å². The zero-order chi connectivity index (χ0) is 25.3. The van der Waals surface area contributed by atoms with Crippen LogP contribution in [0.2, 0.25) is 5.02 Å². The van der Waals surface area contributed by atoms with Crippen molar-refractivity contribution >= 4 is 29.3 Å². The lowest BCUT2D eigenvalue weighted by atomic mass is 9.67. The first-order valence-corrected chi connectivity index (χ1v) is 11.5. The molecule has 182 valence electrons. The maximum absolute atomic E-state index is 14.1. The van der Waals surface area contributed by atoms with E-state index in [-0.39, 0.29) is 5.57 Å². The largest absolute Gasteiger partial charge is 0.497 e. The minimum Gasteiger partial charge on any atom is -0.497 e. The molecule has 0 bridgehead atoms. The second-order valence-electron chi connectivity index (χ2n) is 8.45. The number of carbonyl (C=O) groups is 3. The topological polar surface area (TPSA) is 90.9 Å². The Kier molecular flexibility index (Phi) is 6.98. The lowest BCUT2D eigenvalue weighted by Gasteiger charge is -2.39. The fourth-order valence-corrected chi connectivity index (χ4v) is 5.24. The Bertz CT molecular complexity index is 1250. The van der Waals surface area contributed by atoms with E-state index in [1.165, 1.54) is 14.2 Å². The highest BCUT2D eigenvalue weighted by Gasteiger charge is 2.49. The van der Waals surface area contributed by atoms with Crippen molar-refractivity contribution in [3.8, 4) is 5.75 Å². The van der Waals surface area contributed by atoms with Gasteiger partial charge in [0.15, 0.2) is 5.78 Å². The number of halogens is 1. The fourth-order valence-electron chi connectivity index (χ4n) is 5.00. The van der Waals surface area contributed by atoms with E-state index in [4.69, 9.17) is 25.8 Å². The van der Waals surface area contributed by atoms with Crippen LogP contribution >= 0.6 is 11.6 Å². The number of allylic oxidation sites excluding steroid dienone is 3. The van der Waals surface area contributed by atoms with E-state index < -0.39 is 35.5 Å². The Hall–Kier alpha value is -3.58. The molecule has 0 saturated heterocycles. The number of carbonyl (C=O) groups excluding carboxylic acids is 3. The van der Waals surface area contributed by atoms with Gasteiger partial charge in [0, 0.05) is 33.8 Å². The average molecular weight is 496 g/mol. The number of methoxy groups -OCH3 is 3. The summed E-state index contributed by atoms with van der Waals surface area (Å²) in [6.07, 6.45) is 0.361. The van der Waals surface area contributed by atoms with Gasteiger partial charge in [0.05, 0.1) is 26.9 Å². The van der Waals surface area contributed by atoms with Gasteiger partial charge in [-0.15, -0.1) is 0 Å². The summed E-state index contributed by atoms with van der Waals surface area (Å²) in [7, 11) is 4.12. The van der Waals surface area contributed by atoms with Gasteiger partial charge in [0.2, 0.25) is 0 Å². The molecule has 3 atom stereocenters. The molecule has 1 N–H and O–H groups in total. The van der Waals surface area contributed by atoms with Crippen molar-refractivity contribution < 1.29 is 28.6 Å². The molecule has 2 aliphatic rings. The second-order valence-corrected chi connectivity index (χ2v) is 8.86. The third-order valence-electron chi connectivity index (χ3n) is 6.64. The Morgan fingerprint density at radius 1 is 1.00 bits per heavy atom. The van der Waals surface area contributed by atoms with Crippen LogP contribution in [-0.2, 0) is 23.9 Å². The Labute approximate surface area is 208 Å². The highest BCUT2D eigenvalue weighted by atomic mass is 35.5. The van der Waals surface area contributed by atoms with Gasteiger partial charge in [-0.05, 0) is 42.7 Å². The van der Waals surface area contributed by atoms with Crippen molar-refractivity contribution in [2.24, 2.45) is 5.92 Å². The van der Waals surface area contributed by atoms with Crippen molar-refractivity contribution in [1.82, 2.24) is 5.32 Å². The number of rotatable bonds is 5. The third kappa shape index (κ3) is 4.32. The van der Waals surface area contributed by atoms with Crippen LogP contribution in [0, 0.1) is 5.92 Å². The molecule has 0 amide bonds. The Morgan fingerprint density at radius 2 is 1.69 bits per heavy atom. The minimum atomic E-state index is -1.09. The highest BCUT2D eigenvalue weighted by molar-refractivity contribution is 6.31. The molecule has 0 radical (unpaired) electrons. The standard InChI is InChI=1S/C27H26ClNO6/c1-14-21(26(31)34-3)22(17-7-5-6-8-19(17)28)24-20(29-14)13-18(23(25(24)30)27(32)35-4)15-9-11-16(33-2)12-10-15/h5-12,18,22-23,29H,13H2,1-4H3/t18-,22+,23+/m0/s1. The van der Waals surface area contributed by atoms with Gasteiger partial charge in [-0.25, -0.2) is 4.79 Å². The summed E-state index contributed by atoms with van der Waals surface area (Å²) < 4.78 is 15.4. The SMILES string of the molecule is COC(=O)C1=C(C)NC2=C(C(=O)[C@H](C(=O)OC)[C@H](c3ccc(OC)cc3)C2)[C@@H]1c1ccccc1Cl. The molecule has 7 nitrogen and oxygen atoms in total. The number of benzene rings is 2. The first-order valence-electron chi connectivity index (χ1n) is 11.1. The van der Waals surface area contributed by atoms with Gasteiger partial charge in [0.25, 0.3) is 0 Å². The van der Waals surface area contributed by atoms with Crippen molar-refractivity contribution in [3.63, 3.8) is 0 Å². The first kappa shape index (κ1) is 24.5. The molecule has 1 heterocycles. The van der Waals surface area contributed by atoms with Crippen LogP contribution in [0.15, 0.2) is 71.1 Å². The minimum absolute atomic E-state index is 0.277. The van der Waals surface area contributed by atoms with E-state index in [1.807, 2.05) is 12.1 Å². The van der Waals surface area contributed by atoms with Crippen LogP contribution in [0.25, 0.3) is 0 Å². The predicted octanol–water partition coefficient (Wildman–Crippen LogP) is 4.28. The summed E-state index contributed by atoms with van der Waals surface area (Å²) in [6, 6.07) is 14.3. The van der Waals surface area contributed by atoms with Crippen LogP contribution in [0.3, 0.4) is 0 Å². The fraction of sp³-hybridized carbons (Fsp3) is 0.296. The van der Waals surface area contributed by atoms with E-state index in [9.17, 15) is 14.4 Å². The van der Waals surface area contributed by atoms with Gasteiger partial charge in [0.1, 0.15) is 11.7 Å². The predicted molar refractivity (Wildman–Crippen MR) is 130 cm³/mol. The summed E-state index contributed by atoms with van der Waals surface area (Å²) in [5.41, 5.74) is 3.20. The van der Waals surface area contributed by atoms with E-state index in [1.54, 1.807) is 50.4 Å². The van der Waals surface area contributed by atoms with Crippen molar-refractivity contribution in [1.29, 1.82) is 0 Å². The first-order chi connectivity index (χ1) is 16.8. The normalized spacial score (nSPS) is 21.7. The molecule has 0 spiro atoms. The summed E-state index contributed by atoms with van der Waals surface area (Å²) >= 11 is 6.54.